The van der Waals surface area contributed by atoms with E-state index in [9.17, 15) is 4.79 Å². The summed E-state index contributed by atoms with van der Waals surface area (Å²) in [6, 6.07) is 0. The zero-order chi connectivity index (χ0) is 13.1. The van der Waals surface area contributed by atoms with Gasteiger partial charge in [0.1, 0.15) is 0 Å². The molecule has 17 heavy (non-hydrogen) atoms. The van der Waals surface area contributed by atoms with E-state index < -0.39 is 0 Å². The number of nitrogens with two attached hydrogens (primary N) is 1. The van der Waals surface area contributed by atoms with Gasteiger partial charge in [0.2, 0.25) is 0 Å². The van der Waals surface area contributed by atoms with Gasteiger partial charge in [0.15, 0.2) is 5.96 Å². The molecular formula is C11H23N3O3. The molecule has 1 atom stereocenters. The highest BCUT2D eigenvalue weighted by Gasteiger charge is 2.11. The van der Waals surface area contributed by atoms with Gasteiger partial charge in [-0.3, -0.25) is 9.79 Å². The summed E-state index contributed by atoms with van der Waals surface area (Å²) in [7, 11) is 1.36. The van der Waals surface area contributed by atoms with Crippen molar-refractivity contribution in [2.45, 2.75) is 20.3 Å². The molecule has 6 nitrogen and oxygen atoms in total. The average Bonchev–Trinajstić information content (AvgIpc) is 2.34. The number of nitrogens with one attached hydrogen (secondary N) is 1. The number of guanidine groups is 1. The number of aliphatic imine (C=N–C) groups is 1. The lowest BCUT2D eigenvalue weighted by molar-refractivity contribution is -0.144. The molecule has 0 rings (SSSR count). The Labute approximate surface area is 103 Å². The molecular weight excluding hydrogens is 222 g/mol. The molecule has 0 heterocycles. The standard InChI is InChI=1S/C11H23N3O3/c1-4-17-7-5-6-13-11(12)14-8-9(2)10(15)16-3/h9H,4-8H2,1-3H3,(H3,12,13,14). The molecule has 0 aromatic carbocycles. The van der Waals surface area contributed by atoms with Crippen LogP contribution >= 0.6 is 0 Å². The van der Waals surface area contributed by atoms with Crippen LogP contribution in [0.5, 0.6) is 0 Å². The molecule has 0 saturated heterocycles. The van der Waals surface area contributed by atoms with Crippen molar-refractivity contribution in [3.8, 4) is 0 Å². The first kappa shape index (κ1) is 15.7. The summed E-state index contributed by atoms with van der Waals surface area (Å²) in [5.41, 5.74) is 5.62. The van der Waals surface area contributed by atoms with Crippen LogP contribution in [-0.4, -0.2) is 45.3 Å². The Morgan fingerprint density at radius 1 is 1.53 bits per heavy atom. The van der Waals surface area contributed by atoms with Gasteiger partial charge < -0.3 is 20.5 Å². The van der Waals surface area contributed by atoms with E-state index in [0.717, 1.165) is 13.0 Å². The number of methoxy groups -OCH3 is 1. The second-order valence-corrected chi connectivity index (χ2v) is 3.63. The van der Waals surface area contributed by atoms with Crippen molar-refractivity contribution >= 4 is 11.9 Å². The van der Waals surface area contributed by atoms with E-state index in [2.05, 4.69) is 15.0 Å². The highest BCUT2D eigenvalue weighted by Crippen LogP contribution is 1.97. The highest BCUT2D eigenvalue weighted by molar-refractivity contribution is 5.78. The van der Waals surface area contributed by atoms with Crippen molar-refractivity contribution in [3.05, 3.63) is 0 Å². The Kier molecular flexibility index (Phi) is 9.14. The second kappa shape index (κ2) is 9.89. The molecule has 0 amide bonds. The SMILES string of the molecule is CCOCCCNC(N)=NCC(C)C(=O)OC. The van der Waals surface area contributed by atoms with Crippen molar-refractivity contribution in [2.75, 3.05) is 33.4 Å². The number of hydrogen-bond acceptors (Lipinski definition) is 4. The fourth-order valence-corrected chi connectivity index (χ4v) is 1.10. The topological polar surface area (TPSA) is 85.9 Å². The third-order valence-electron chi connectivity index (χ3n) is 2.11. The Hall–Kier alpha value is -1.30. The Morgan fingerprint density at radius 3 is 2.82 bits per heavy atom. The van der Waals surface area contributed by atoms with Crippen molar-refractivity contribution in [1.82, 2.24) is 5.32 Å². The van der Waals surface area contributed by atoms with Gasteiger partial charge in [-0.1, -0.05) is 6.92 Å². The van der Waals surface area contributed by atoms with Crippen molar-refractivity contribution in [1.29, 1.82) is 0 Å². The average molecular weight is 245 g/mol. The number of ether oxygens (including phenoxy) is 2. The number of carbonyl (C=O) groups excluding carboxylic acids is 1. The van der Waals surface area contributed by atoms with Gasteiger partial charge in [-0.05, 0) is 13.3 Å². The maximum Gasteiger partial charge on any atom is 0.310 e. The summed E-state index contributed by atoms with van der Waals surface area (Å²) < 4.78 is 9.76. The summed E-state index contributed by atoms with van der Waals surface area (Å²) >= 11 is 0. The van der Waals surface area contributed by atoms with Gasteiger partial charge in [0, 0.05) is 19.8 Å². The van der Waals surface area contributed by atoms with E-state index in [-0.39, 0.29) is 11.9 Å². The van der Waals surface area contributed by atoms with Crippen LogP contribution in [0.25, 0.3) is 0 Å². The number of rotatable bonds is 8. The highest BCUT2D eigenvalue weighted by atomic mass is 16.5. The van der Waals surface area contributed by atoms with Gasteiger partial charge in [-0.15, -0.1) is 0 Å². The van der Waals surface area contributed by atoms with Gasteiger partial charge in [-0.25, -0.2) is 0 Å². The van der Waals surface area contributed by atoms with Crippen LogP contribution in [0, 0.1) is 5.92 Å². The minimum atomic E-state index is -0.280. The zero-order valence-electron chi connectivity index (χ0n) is 10.9. The smallest absolute Gasteiger partial charge is 0.310 e. The molecule has 3 N–H and O–H groups in total. The van der Waals surface area contributed by atoms with Crippen LogP contribution in [0.15, 0.2) is 4.99 Å². The molecule has 0 radical (unpaired) electrons. The van der Waals surface area contributed by atoms with Crippen LogP contribution in [-0.2, 0) is 14.3 Å². The predicted molar refractivity (Wildman–Crippen MR) is 66.8 cm³/mol. The second-order valence-electron chi connectivity index (χ2n) is 3.63. The summed E-state index contributed by atoms with van der Waals surface area (Å²) in [6.07, 6.45) is 0.872. The first-order chi connectivity index (χ1) is 8.11. The van der Waals surface area contributed by atoms with E-state index in [4.69, 9.17) is 10.5 Å². The molecule has 0 aliphatic heterocycles. The van der Waals surface area contributed by atoms with E-state index in [1.165, 1.54) is 7.11 Å². The fraction of sp³-hybridized carbons (Fsp3) is 0.818. The zero-order valence-corrected chi connectivity index (χ0v) is 10.9. The van der Waals surface area contributed by atoms with Gasteiger partial charge in [0.25, 0.3) is 0 Å². The van der Waals surface area contributed by atoms with Crippen LogP contribution in [0.2, 0.25) is 0 Å². The van der Waals surface area contributed by atoms with Gasteiger partial charge in [0.05, 0.1) is 19.6 Å². The molecule has 0 spiro atoms. The summed E-state index contributed by atoms with van der Waals surface area (Å²) in [5, 5.41) is 2.95. The largest absolute Gasteiger partial charge is 0.469 e. The Bertz CT molecular complexity index is 244. The van der Waals surface area contributed by atoms with Gasteiger partial charge >= 0.3 is 5.97 Å². The van der Waals surface area contributed by atoms with Crippen molar-refractivity contribution < 1.29 is 14.3 Å². The monoisotopic (exact) mass is 245 g/mol. The first-order valence-corrected chi connectivity index (χ1v) is 5.81. The number of hydrogen-bond donors (Lipinski definition) is 2. The number of carbonyl (C=O) groups is 1. The minimum absolute atomic E-state index is 0.274. The lowest BCUT2D eigenvalue weighted by atomic mass is 10.2. The third-order valence-corrected chi connectivity index (χ3v) is 2.11. The number of esters is 1. The molecule has 6 heteroatoms. The van der Waals surface area contributed by atoms with Crippen molar-refractivity contribution in [3.63, 3.8) is 0 Å². The quantitative estimate of drug-likeness (QED) is 0.275. The predicted octanol–water partition coefficient (Wildman–Crippen LogP) is 0.126. The first-order valence-electron chi connectivity index (χ1n) is 5.81. The van der Waals surface area contributed by atoms with E-state index in [0.29, 0.717) is 25.7 Å². The molecule has 100 valence electrons. The van der Waals surface area contributed by atoms with E-state index in [1.807, 2.05) is 6.92 Å². The van der Waals surface area contributed by atoms with Crippen LogP contribution < -0.4 is 11.1 Å². The molecule has 0 saturated carbocycles. The third kappa shape index (κ3) is 8.50. The lowest BCUT2D eigenvalue weighted by Gasteiger charge is -2.08. The number of nitrogens with zero attached hydrogens (tertiary/aromatic N) is 1. The lowest BCUT2D eigenvalue weighted by Crippen LogP contribution is -2.33. The van der Waals surface area contributed by atoms with E-state index >= 15 is 0 Å². The maximum atomic E-state index is 11.1. The van der Waals surface area contributed by atoms with Crippen LogP contribution in [0.1, 0.15) is 20.3 Å². The molecule has 0 aliphatic carbocycles. The Morgan fingerprint density at radius 2 is 2.24 bits per heavy atom. The molecule has 0 aromatic heterocycles. The molecule has 0 fully saturated rings. The Balaban J connectivity index is 3.67. The molecule has 1 unspecified atom stereocenters. The summed E-state index contributed by atoms with van der Waals surface area (Å²) in [5.74, 6) is -0.209. The van der Waals surface area contributed by atoms with Crippen LogP contribution in [0.3, 0.4) is 0 Å². The summed E-state index contributed by atoms with van der Waals surface area (Å²) in [6.45, 7) is 6.17. The molecule has 0 aromatic rings. The molecule has 0 aliphatic rings. The maximum absolute atomic E-state index is 11.1. The summed E-state index contributed by atoms with van der Waals surface area (Å²) in [4.78, 5) is 15.1. The molecule has 0 bridgehead atoms. The normalized spacial score (nSPS) is 13.2. The van der Waals surface area contributed by atoms with E-state index in [1.54, 1.807) is 6.92 Å². The van der Waals surface area contributed by atoms with Crippen LogP contribution in [0.4, 0.5) is 0 Å². The minimum Gasteiger partial charge on any atom is -0.469 e. The van der Waals surface area contributed by atoms with Crippen molar-refractivity contribution in [2.24, 2.45) is 16.6 Å². The fourth-order valence-electron chi connectivity index (χ4n) is 1.10. The van der Waals surface area contributed by atoms with Gasteiger partial charge in [-0.2, -0.15) is 0 Å².